The number of thioether (sulfide) groups is 1. The number of benzene rings is 3. The highest BCUT2D eigenvalue weighted by Crippen LogP contribution is 2.31. The number of non-ortho nitro benzene ring substituents is 1. The third-order valence-corrected chi connectivity index (χ3v) is 7.34. The molecule has 1 unspecified atom stereocenters. The second kappa shape index (κ2) is 11.8. The number of hydrogen-bond donors (Lipinski definition) is 2. The summed E-state index contributed by atoms with van der Waals surface area (Å²) in [6.45, 7) is 1.90. The van der Waals surface area contributed by atoms with Crippen molar-refractivity contribution in [3.63, 3.8) is 0 Å². The van der Waals surface area contributed by atoms with Gasteiger partial charge in [0.05, 0.1) is 15.9 Å². The zero-order valence-corrected chi connectivity index (χ0v) is 21.1. The molecule has 2 amide bonds. The topological polar surface area (TPSA) is 114 Å². The Morgan fingerprint density at radius 1 is 1.08 bits per heavy atom. The number of nitro groups is 1. The molecule has 1 aromatic heterocycles. The highest BCUT2D eigenvalue weighted by Gasteiger charge is 2.20. The minimum absolute atomic E-state index is 0.0328. The lowest BCUT2D eigenvalue weighted by Crippen LogP contribution is -2.24. The van der Waals surface area contributed by atoms with Gasteiger partial charge in [-0.15, -0.1) is 23.1 Å². The van der Waals surface area contributed by atoms with E-state index >= 15 is 0 Å². The molecule has 1 heterocycles. The van der Waals surface area contributed by atoms with Crippen molar-refractivity contribution in [2.24, 2.45) is 0 Å². The second-order valence-corrected chi connectivity index (χ2v) is 9.97. The van der Waals surface area contributed by atoms with Crippen LogP contribution in [0.25, 0.3) is 11.3 Å². The van der Waals surface area contributed by atoms with Gasteiger partial charge < -0.3 is 10.6 Å². The molecule has 0 radical (unpaired) electrons. The van der Waals surface area contributed by atoms with Crippen LogP contribution in [-0.2, 0) is 4.79 Å². The standard InChI is InChI=1S/C26H21FN4O4S2/c1-2-23(25(33)30-26-29-22(15-36-26)17-5-3-7-20(13-17)31(34)35)37-21-8-4-6-19(14-21)28-24(32)16-9-11-18(27)12-10-16/h3-15,23H,2H2,1H3,(H,28,32)(H,29,30,33). The number of thiazole rings is 1. The molecular weight excluding hydrogens is 515 g/mol. The third-order valence-electron chi connectivity index (χ3n) is 5.23. The molecular formula is C26H21FN4O4S2. The first-order valence-electron chi connectivity index (χ1n) is 11.2. The maximum absolute atomic E-state index is 13.1. The van der Waals surface area contributed by atoms with E-state index in [1.807, 2.05) is 13.0 Å². The Morgan fingerprint density at radius 3 is 2.57 bits per heavy atom. The quantitative estimate of drug-likeness (QED) is 0.141. The number of halogens is 1. The van der Waals surface area contributed by atoms with Crippen molar-refractivity contribution in [3.05, 3.63) is 99.7 Å². The van der Waals surface area contributed by atoms with Gasteiger partial charge in [-0.2, -0.15) is 0 Å². The van der Waals surface area contributed by atoms with Crippen LogP contribution in [-0.4, -0.2) is 27.0 Å². The lowest BCUT2D eigenvalue weighted by molar-refractivity contribution is -0.384. The van der Waals surface area contributed by atoms with E-state index in [0.29, 0.717) is 34.1 Å². The lowest BCUT2D eigenvalue weighted by atomic mass is 10.1. The van der Waals surface area contributed by atoms with E-state index in [1.54, 1.807) is 35.7 Å². The fourth-order valence-electron chi connectivity index (χ4n) is 3.37. The summed E-state index contributed by atoms with van der Waals surface area (Å²) < 4.78 is 13.1. The van der Waals surface area contributed by atoms with Crippen molar-refractivity contribution in [2.75, 3.05) is 10.6 Å². The molecule has 188 valence electrons. The fourth-order valence-corrected chi connectivity index (χ4v) is 5.10. The summed E-state index contributed by atoms with van der Waals surface area (Å²) in [4.78, 5) is 41.2. The first kappa shape index (κ1) is 26.0. The maximum atomic E-state index is 13.1. The summed E-state index contributed by atoms with van der Waals surface area (Å²) >= 11 is 2.59. The Bertz CT molecular complexity index is 1440. The minimum atomic E-state index is -0.467. The molecule has 0 bridgehead atoms. The Kier molecular flexibility index (Phi) is 8.26. The molecule has 8 nitrogen and oxygen atoms in total. The molecule has 11 heteroatoms. The predicted molar refractivity (Wildman–Crippen MR) is 144 cm³/mol. The molecule has 1 atom stereocenters. The zero-order valence-electron chi connectivity index (χ0n) is 19.5. The molecule has 0 aliphatic heterocycles. The van der Waals surface area contributed by atoms with Gasteiger partial charge in [-0.05, 0) is 48.9 Å². The average molecular weight is 537 g/mol. The highest BCUT2D eigenvalue weighted by atomic mass is 32.2. The molecule has 0 aliphatic rings. The summed E-state index contributed by atoms with van der Waals surface area (Å²) in [7, 11) is 0. The predicted octanol–water partition coefficient (Wildman–Crippen LogP) is 6.62. The van der Waals surface area contributed by atoms with Crippen LogP contribution in [0.3, 0.4) is 0 Å². The Morgan fingerprint density at radius 2 is 1.84 bits per heavy atom. The van der Waals surface area contributed by atoms with E-state index in [1.165, 1.54) is 59.5 Å². The average Bonchev–Trinajstić information content (AvgIpc) is 3.36. The monoisotopic (exact) mass is 536 g/mol. The van der Waals surface area contributed by atoms with Crippen LogP contribution >= 0.6 is 23.1 Å². The first-order chi connectivity index (χ1) is 17.8. The number of amides is 2. The Labute approximate surface area is 220 Å². The van der Waals surface area contributed by atoms with Gasteiger partial charge in [0.1, 0.15) is 5.82 Å². The van der Waals surface area contributed by atoms with Crippen molar-refractivity contribution in [2.45, 2.75) is 23.5 Å². The molecule has 0 aliphatic carbocycles. The Balaban J connectivity index is 1.40. The van der Waals surface area contributed by atoms with Crippen molar-refractivity contribution in [1.29, 1.82) is 0 Å². The van der Waals surface area contributed by atoms with E-state index in [0.717, 1.165) is 4.90 Å². The largest absolute Gasteiger partial charge is 0.322 e. The summed E-state index contributed by atoms with van der Waals surface area (Å²) in [5, 5.41) is 18.4. The number of rotatable bonds is 9. The SMILES string of the molecule is CCC(Sc1cccc(NC(=O)c2ccc(F)cc2)c1)C(=O)Nc1nc(-c2cccc([N+](=O)[O-])c2)cs1. The first-order valence-corrected chi connectivity index (χ1v) is 12.9. The van der Waals surface area contributed by atoms with Crippen LogP contribution in [0.1, 0.15) is 23.7 Å². The van der Waals surface area contributed by atoms with Crippen LogP contribution in [0, 0.1) is 15.9 Å². The molecule has 0 spiro atoms. The molecule has 0 saturated heterocycles. The van der Waals surface area contributed by atoms with Crippen molar-refractivity contribution in [3.8, 4) is 11.3 Å². The number of carbonyl (C=O) groups is 2. The van der Waals surface area contributed by atoms with Crippen LogP contribution in [0.4, 0.5) is 20.9 Å². The molecule has 2 N–H and O–H groups in total. The third kappa shape index (κ3) is 6.78. The number of anilines is 2. The second-order valence-electron chi connectivity index (χ2n) is 7.84. The zero-order chi connectivity index (χ0) is 26.4. The summed E-state index contributed by atoms with van der Waals surface area (Å²) in [5.74, 6) is -1.01. The van der Waals surface area contributed by atoms with E-state index in [4.69, 9.17) is 0 Å². The van der Waals surface area contributed by atoms with Gasteiger partial charge in [0.15, 0.2) is 5.13 Å². The van der Waals surface area contributed by atoms with E-state index in [9.17, 15) is 24.1 Å². The Hall–Kier alpha value is -4.09. The van der Waals surface area contributed by atoms with Gasteiger partial charge in [-0.3, -0.25) is 19.7 Å². The van der Waals surface area contributed by atoms with Gasteiger partial charge in [0, 0.05) is 39.2 Å². The summed E-state index contributed by atoms with van der Waals surface area (Å²) in [6, 6.07) is 18.5. The van der Waals surface area contributed by atoms with Gasteiger partial charge in [-0.25, -0.2) is 9.37 Å². The molecule has 4 aromatic rings. The van der Waals surface area contributed by atoms with Gasteiger partial charge in [-0.1, -0.05) is 25.1 Å². The van der Waals surface area contributed by atoms with Crippen LogP contribution in [0.2, 0.25) is 0 Å². The lowest BCUT2D eigenvalue weighted by Gasteiger charge is -2.14. The van der Waals surface area contributed by atoms with Gasteiger partial charge in [0.2, 0.25) is 5.91 Å². The molecule has 0 fully saturated rings. The van der Waals surface area contributed by atoms with Gasteiger partial charge in [0.25, 0.3) is 11.6 Å². The van der Waals surface area contributed by atoms with Crippen molar-refractivity contribution >= 4 is 51.4 Å². The molecule has 3 aromatic carbocycles. The van der Waals surface area contributed by atoms with Crippen molar-refractivity contribution < 1.29 is 18.9 Å². The number of nitrogens with zero attached hydrogens (tertiary/aromatic N) is 2. The van der Waals surface area contributed by atoms with E-state index in [-0.39, 0.29) is 17.5 Å². The summed E-state index contributed by atoms with van der Waals surface area (Å²) in [6.07, 6.45) is 0.547. The number of carbonyl (C=O) groups excluding carboxylic acids is 2. The maximum Gasteiger partial charge on any atom is 0.270 e. The highest BCUT2D eigenvalue weighted by molar-refractivity contribution is 8.00. The number of nitro benzene ring substituents is 1. The smallest absolute Gasteiger partial charge is 0.270 e. The summed E-state index contributed by atoms with van der Waals surface area (Å²) in [5.41, 5.74) is 1.98. The number of nitrogens with one attached hydrogen (secondary N) is 2. The number of hydrogen-bond acceptors (Lipinski definition) is 7. The fraction of sp³-hybridized carbons (Fsp3) is 0.115. The van der Waals surface area contributed by atoms with E-state index in [2.05, 4.69) is 15.6 Å². The molecule has 37 heavy (non-hydrogen) atoms. The number of aromatic nitrogens is 1. The molecule has 4 rings (SSSR count). The van der Waals surface area contributed by atoms with Crippen LogP contribution in [0.15, 0.2) is 83.1 Å². The normalized spacial score (nSPS) is 11.5. The molecule has 0 saturated carbocycles. The minimum Gasteiger partial charge on any atom is -0.322 e. The van der Waals surface area contributed by atoms with Crippen molar-refractivity contribution in [1.82, 2.24) is 4.98 Å². The van der Waals surface area contributed by atoms with Crippen LogP contribution < -0.4 is 10.6 Å². The van der Waals surface area contributed by atoms with Gasteiger partial charge >= 0.3 is 0 Å². The van der Waals surface area contributed by atoms with Crippen LogP contribution in [0.5, 0.6) is 0 Å². The van der Waals surface area contributed by atoms with E-state index < -0.39 is 16.0 Å².